The van der Waals surface area contributed by atoms with E-state index in [0.29, 0.717) is 32.4 Å². The van der Waals surface area contributed by atoms with E-state index in [9.17, 15) is 9.90 Å². The molecule has 0 bridgehead atoms. The van der Waals surface area contributed by atoms with Crippen molar-refractivity contribution in [1.29, 1.82) is 5.26 Å². The lowest BCUT2D eigenvalue weighted by molar-refractivity contribution is -0.133. The van der Waals surface area contributed by atoms with Gasteiger partial charge in [0.25, 0.3) is 0 Å². The normalized spacial score (nSPS) is 18.0. The lowest BCUT2D eigenvalue weighted by atomic mass is 9.98. The number of hydrogen-bond acceptors (Lipinski definition) is 4. The highest BCUT2D eigenvalue weighted by Gasteiger charge is 2.23. The number of likely N-dealkylation sites (tertiary alicyclic amines) is 1. The predicted molar refractivity (Wildman–Crippen MR) is 86.6 cm³/mol. The van der Waals surface area contributed by atoms with Crippen LogP contribution in [0.4, 0.5) is 0 Å². The molecule has 0 aliphatic carbocycles. The molecule has 1 atom stereocenters. The Morgan fingerprint density at radius 3 is 2.96 bits per heavy atom. The molecule has 1 saturated heterocycles. The van der Waals surface area contributed by atoms with Gasteiger partial charge in [0.15, 0.2) is 0 Å². The summed E-state index contributed by atoms with van der Waals surface area (Å²) in [6.07, 6.45) is 3.58. The monoisotopic (exact) mass is 318 g/mol. The topological polar surface area (TPSA) is 82.2 Å². The maximum Gasteiger partial charge on any atom is 0.222 e. The molecule has 2 heterocycles. The minimum atomic E-state index is 0.159. The van der Waals surface area contributed by atoms with E-state index in [0.717, 1.165) is 36.3 Å². The van der Waals surface area contributed by atoms with E-state index < -0.39 is 0 Å². The third-order valence-electron chi connectivity index (χ3n) is 4.69. The molecule has 126 valence electrons. The van der Waals surface area contributed by atoms with Gasteiger partial charge in [-0.25, -0.2) is 0 Å². The molecule has 1 unspecified atom stereocenters. The van der Waals surface area contributed by atoms with Gasteiger partial charge >= 0.3 is 0 Å². The Morgan fingerprint density at radius 2 is 2.26 bits per heavy atom. The first-order chi connectivity index (χ1) is 11.1. The molecule has 0 aromatic carbocycles. The second kappa shape index (κ2) is 8.11. The first kappa shape index (κ1) is 17.5. The quantitative estimate of drug-likeness (QED) is 0.863. The number of nitrogens with zero attached hydrogens (tertiary/aromatic N) is 4. The number of amides is 1. The molecule has 1 aromatic heterocycles. The van der Waals surface area contributed by atoms with Gasteiger partial charge in [0.05, 0.1) is 24.7 Å². The molecule has 1 aromatic rings. The van der Waals surface area contributed by atoms with Crippen LogP contribution in [-0.4, -0.2) is 45.4 Å². The standard InChI is InChI=1S/C17H26N4O2/c1-13-16(14(2)21(19-13)10-4-8-18)6-7-17(23)20-9-3-5-15(11-20)12-22/h15,22H,3-7,9-12H2,1-2H3. The number of hydrogen-bond donors (Lipinski definition) is 1. The van der Waals surface area contributed by atoms with Crippen molar-refractivity contribution in [2.24, 2.45) is 5.92 Å². The second-order valence-corrected chi connectivity index (χ2v) is 6.31. The van der Waals surface area contributed by atoms with E-state index in [2.05, 4.69) is 11.2 Å². The summed E-state index contributed by atoms with van der Waals surface area (Å²) in [5, 5.41) is 22.4. The zero-order chi connectivity index (χ0) is 16.8. The molecule has 1 aliphatic heterocycles. The third kappa shape index (κ3) is 4.32. The Kier molecular flexibility index (Phi) is 6.17. The number of carbonyl (C=O) groups excluding carboxylic acids is 1. The van der Waals surface area contributed by atoms with Gasteiger partial charge in [-0.1, -0.05) is 0 Å². The fourth-order valence-electron chi connectivity index (χ4n) is 3.30. The van der Waals surface area contributed by atoms with Crippen LogP contribution in [0.2, 0.25) is 0 Å². The lowest BCUT2D eigenvalue weighted by Gasteiger charge is -2.32. The predicted octanol–water partition coefficient (Wildman–Crippen LogP) is 1.58. The Hall–Kier alpha value is -1.87. The number of piperidine rings is 1. The molecular weight excluding hydrogens is 292 g/mol. The van der Waals surface area contributed by atoms with Gasteiger partial charge in [0.1, 0.15) is 0 Å². The van der Waals surface area contributed by atoms with E-state index in [1.165, 1.54) is 0 Å². The Morgan fingerprint density at radius 1 is 1.48 bits per heavy atom. The highest BCUT2D eigenvalue weighted by Crippen LogP contribution is 2.19. The fourth-order valence-corrected chi connectivity index (χ4v) is 3.30. The molecule has 6 heteroatoms. The Balaban J connectivity index is 1.94. The van der Waals surface area contributed by atoms with E-state index in [-0.39, 0.29) is 18.4 Å². The van der Waals surface area contributed by atoms with Gasteiger partial charge in [-0.2, -0.15) is 10.4 Å². The van der Waals surface area contributed by atoms with Crippen molar-refractivity contribution in [2.45, 2.75) is 52.5 Å². The average Bonchev–Trinajstić information content (AvgIpc) is 2.84. The lowest BCUT2D eigenvalue weighted by Crippen LogP contribution is -2.41. The molecule has 1 amide bonds. The van der Waals surface area contributed by atoms with Crippen molar-refractivity contribution >= 4 is 5.91 Å². The van der Waals surface area contributed by atoms with Crippen LogP contribution in [0.25, 0.3) is 0 Å². The van der Waals surface area contributed by atoms with Crippen LogP contribution >= 0.6 is 0 Å². The number of nitriles is 1. The van der Waals surface area contributed by atoms with Gasteiger partial charge in [0.2, 0.25) is 5.91 Å². The highest BCUT2D eigenvalue weighted by atomic mass is 16.3. The maximum atomic E-state index is 12.4. The van der Waals surface area contributed by atoms with Crippen molar-refractivity contribution in [3.05, 3.63) is 17.0 Å². The van der Waals surface area contributed by atoms with E-state index in [1.54, 1.807) is 0 Å². The van der Waals surface area contributed by atoms with Crippen LogP contribution in [0.1, 0.15) is 42.6 Å². The molecule has 1 N–H and O–H groups in total. The van der Waals surface area contributed by atoms with Crippen LogP contribution in [0, 0.1) is 31.1 Å². The van der Waals surface area contributed by atoms with Crippen molar-refractivity contribution in [3.63, 3.8) is 0 Å². The van der Waals surface area contributed by atoms with Crippen LogP contribution < -0.4 is 0 Å². The molecule has 1 aliphatic rings. The fraction of sp³-hybridized carbons (Fsp3) is 0.706. The van der Waals surface area contributed by atoms with Gasteiger partial charge in [0, 0.05) is 31.8 Å². The summed E-state index contributed by atoms with van der Waals surface area (Å²) in [6.45, 7) is 6.19. The summed E-state index contributed by atoms with van der Waals surface area (Å²) in [5.74, 6) is 0.386. The van der Waals surface area contributed by atoms with E-state index >= 15 is 0 Å². The molecule has 2 rings (SSSR count). The first-order valence-electron chi connectivity index (χ1n) is 8.35. The van der Waals surface area contributed by atoms with Crippen LogP contribution in [0.3, 0.4) is 0 Å². The number of aliphatic hydroxyl groups excluding tert-OH is 1. The molecule has 0 saturated carbocycles. The van der Waals surface area contributed by atoms with Crippen molar-refractivity contribution in [2.75, 3.05) is 19.7 Å². The van der Waals surface area contributed by atoms with E-state index in [4.69, 9.17) is 5.26 Å². The summed E-state index contributed by atoms with van der Waals surface area (Å²) in [5.41, 5.74) is 3.12. The SMILES string of the molecule is Cc1nn(CCC#N)c(C)c1CCC(=O)N1CCCC(CO)C1. The number of aliphatic hydroxyl groups is 1. The number of carbonyl (C=O) groups is 1. The number of rotatable bonds is 6. The summed E-state index contributed by atoms with van der Waals surface area (Å²) in [6, 6.07) is 2.13. The van der Waals surface area contributed by atoms with Crippen molar-refractivity contribution in [3.8, 4) is 6.07 Å². The Bertz CT molecular complexity index is 588. The van der Waals surface area contributed by atoms with Gasteiger partial charge in [-0.05, 0) is 44.6 Å². The van der Waals surface area contributed by atoms with Crippen LogP contribution in [0.15, 0.2) is 0 Å². The van der Waals surface area contributed by atoms with Gasteiger partial charge in [-0.15, -0.1) is 0 Å². The zero-order valence-corrected chi connectivity index (χ0v) is 14.1. The largest absolute Gasteiger partial charge is 0.396 e. The molecule has 6 nitrogen and oxygen atoms in total. The summed E-state index contributed by atoms with van der Waals surface area (Å²) >= 11 is 0. The highest BCUT2D eigenvalue weighted by molar-refractivity contribution is 5.76. The van der Waals surface area contributed by atoms with Crippen molar-refractivity contribution < 1.29 is 9.90 Å². The molecular formula is C17H26N4O2. The minimum absolute atomic E-state index is 0.159. The molecule has 0 spiro atoms. The summed E-state index contributed by atoms with van der Waals surface area (Å²) in [7, 11) is 0. The van der Waals surface area contributed by atoms with E-state index in [1.807, 2.05) is 23.4 Å². The van der Waals surface area contributed by atoms with Gasteiger partial charge < -0.3 is 10.0 Å². The van der Waals surface area contributed by atoms with Crippen molar-refractivity contribution in [1.82, 2.24) is 14.7 Å². The number of aromatic nitrogens is 2. The summed E-state index contributed by atoms with van der Waals surface area (Å²) < 4.78 is 1.86. The smallest absolute Gasteiger partial charge is 0.222 e. The minimum Gasteiger partial charge on any atom is -0.396 e. The van der Waals surface area contributed by atoms with Crippen LogP contribution in [0.5, 0.6) is 0 Å². The molecule has 23 heavy (non-hydrogen) atoms. The van der Waals surface area contributed by atoms with Gasteiger partial charge in [-0.3, -0.25) is 9.48 Å². The molecule has 0 radical (unpaired) electrons. The zero-order valence-electron chi connectivity index (χ0n) is 14.1. The second-order valence-electron chi connectivity index (χ2n) is 6.31. The maximum absolute atomic E-state index is 12.4. The molecule has 1 fully saturated rings. The van der Waals surface area contributed by atoms with Crippen LogP contribution in [-0.2, 0) is 17.8 Å². The number of aryl methyl sites for hydroxylation is 2. The Labute approximate surface area is 137 Å². The average molecular weight is 318 g/mol. The first-order valence-corrected chi connectivity index (χ1v) is 8.35. The summed E-state index contributed by atoms with van der Waals surface area (Å²) in [4.78, 5) is 14.3. The third-order valence-corrected chi connectivity index (χ3v) is 4.69.